The van der Waals surface area contributed by atoms with Crippen LogP contribution in [0.15, 0.2) is 24.3 Å². The van der Waals surface area contributed by atoms with Gasteiger partial charge in [-0.25, -0.2) is 0 Å². The molecule has 118 valence electrons. The number of benzene rings is 1. The number of carbonyl (C=O) groups excluding carboxylic acids is 2. The third kappa shape index (κ3) is 3.10. The van der Waals surface area contributed by atoms with E-state index in [1.165, 1.54) is 6.42 Å². The van der Waals surface area contributed by atoms with Crippen LogP contribution in [-0.2, 0) is 4.79 Å². The molecule has 2 saturated heterocycles. The average Bonchev–Trinajstić information content (AvgIpc) is 3.04. The summed E-state index contributed by atoms with van der Waals surface area (Å²) in [6.07, 6.45) is 3.31. The molecule has 6 heteroatoms. The molecule has 2 fully saturated rings. The number of carbonyl (C=O) groups is 2. The highest BCUT2D eigenvalue weighted by Crippen LogP contribution is 2.27. The molecule has 4 nitrogen and oxygen atoms in total. The topological polar surface area (TPSA) is 40.6 Å². The minimum absolute atomic E-state index is 0.0881. The Morgan fingerprint density at radius 3 is 2.59 bits per heavy atom. The summed E-state index contributed by atoms with van der Waals surface area (Å²) < 4.78 is 0. The first-order valence-electron chi connectivity index (χ1n) is 7.60. The maximum atomic E-state index is 12.7. The van der Waals surface area contributed by atoms with E-state index in [4.69, 9.17) is 11.6 Å². The SMILES string of the molecule is O=C(C1CSCN1C(=O)c1ccccc1Cl)N1CCCCC1. The van der Waals surface area contributed by atoms with Crippen molar-refractivity contribution >= 4 is 35.2 Å². The minimum atomic E-state index is -0.355. The Labute approximate surface area is 139 Å². The van der Waals surface area contributed by atoms with Crippen LogP contribution in [0.1, 0.15) is 29.6 Å². The average molecular weight is 339 g/mol. The molecular formula is C16H19ClN2O2S. The Balaban J connectivity index is 1.76. The second-order valence-corrected chi connectivity index (χ2v) is 7.06. The molecule has 1 atom stereocenters. The zero-order valence-corrected chi connectivity index (χ0v) is 13.9. The molecule has 0 radical (unpaired) electrons. The molecule has 22 heavy (non-hydrogen) atoms. The van der Waals surface area contributed by atoms with Gasteiger partial charge in [-0.1, -0.05) is 23.7 Å². The highest BCUT2D eigenvalue weighted by Gasteiger charge is 2.38. The lowest BCUT2D eigenvalue weighted by atomic mass is 10.1. The largest absolute Gasteiger partial charge is 0.341 e. The first-order valence-corrected chi connectivity index (χ1v) is 9.14. The minimum Gasteiger partial charge on any atom is -0.341 e. The maximum absolute atomic E-state index is 12.7. The van der Waals surface area contributed by atoms with Gasteiger partial charge in [-0.2, -0.15) is 0 Å². The molecule has 2 heterocycles. The van der Waals surface area contributed by atoms with Gasteiger partial charge in [0.15, 0.2) is 0 Å². The zero-order valence-electron chi connectivity index (χ0n) is 12.3. The molecule has 2 aliphatic heterocycles. The van der Waals surface area contributed by atoms with Crippen molar-refractivity contribution in [2.75, 3.05) is 24.7 Å². The van der Waals surface area contributed by atoms with E-state index in [-0.39, 0.29) is 17.9 Å². The van der Waals surface area contributed by atoms with Gasteiger partial charge in [0.25, 0.3) is 5.91 Å². The molecule has 0 aromatic heterocycles. The Morgan fingerprint density at radius 2 is 1.86 bits per heavy atom. The highest BCUT2D eigenvalue weighted by atomic mass is 35.5. The summed E-state index contributed by atoms with van der Waals surface area (Å²) in [5.41, 5.74) is 0.475. The Kier molecular flexibility index (Phi) is 4.93. The van der Waals surface area contributed by atoms with Crippen LogP contribution in [0.4, 0.5) is 0 Å². The number of rotatable bonds is 2. The van der Waals surface area contributed by atoms with Crippen LogP contribution in [0.5, 0.6) is 0 Å². The molecule has 0 aliphatic carbocycles. The smallest absolute Gasteiger partial charge is 0.256 e. The van der Waals surface area contributed by atoms with E-state index in [1.807, 2.05) is 4.90 Å². The zero-order chi connectivity index (χ0) is 15.5. The Bertz CT molecular complexity index is 575. The predicted octanol–water partition coefficient (Wildman–Crippen LogP) is 2.87. The van der Waals surface area contributed by atoms with Gasteiger partial charge in [-0.05, 0) is 31.4 Å². The first-order chi connectivity index (χ1) is 10.7. The standard InChI is InChI=1S/C16H19ClN2O2S/c17-13-7-3-2-6-12(13)15(20)19-11-22-10-14(19)16(21)18-8-4-1-5-9-18/h2-3,6-7,14H,1,4-5,8-11H2. The normalized spacial score (nSPS) is 22.0. The quantitative estimate of drug-likeness (QED) is 0.832. The Morgan fingerprint density at radius 1 is 1.14 bits per heavy atom. The summed E-state index contributed by atoms with van der Waals surface area (Å²) in [6.45, 7) is 1.63. The van der Waals surface area contributed by atoms with Gasteiger partial charge in [0, 0.05) is 18.8 Å². The summed E-state index contributed by atoms with van der Waals surface area (Å²) >= 11 is 7.75. The number of likely N-dealkylation sites (tertiary alicyclic amines) is 1. The van der Waals surface area contributed by atoms with E-state index < -0.39 is 0 Å². The molecule has 1 unspecified atom stereocenters. The van der Waals surface area contributed by atoms with Crippen LogP contribution in [0.2, 0.25) is 5.02 Å². The van der Waals surface area contributed by atoms with Crippen molar-refractivity contribution in [1.82, 2.24) is 9.80 Å². The molecule has 2 amide bonds. The fourth-order valence-electron chi connectivity index (χ4n) is 2.96. The number of amides is 2. The fourth-order valence-corrected chi connectivity index (χ4v) is 4.32. The lowest BCUT2D eigenvalue weighted by Crippen LogP contribution is -2.50. The molecule has 0 saturated carbocycles. The summed E-state index contributed by atoms with van der Waals surface area (Å²) in [7, 11) is 0. The van der Waals surface area contributed by atoms with Gasteiger partial charge < -0.3 is 9.80 Å². The first kappa shape index (κ1) is 15.7. The van der Waals surface area contributed by atoms with Crippen LogP contribution in [-0.4, -0.2) is 52.4 Å². The van der Waals surface area contributed by atoms with Crippen LogP contribution >= 0.6 is 23.4 Å². The number of nitrogens with zero attached hydrogens (tertiary/aromatic N) is 2. The van der Waals surface area contributed by atoms with E-state index in [0.29, 0.717) is 22.2 Å². The second-order valence-electron chi connectivity index (χ2n) is 5.66. The van der Waals surface area contributed by atoms with Gasteiger partial charge in [0.2, 0.25) is 5.91 Å². The van der Waals surface area contributed by atoms with E-state index in [9.17, 15) is 9.59 Å². The van der Waals surface area contributed by atoms with Gasteiger partial charge >= 0.3 is 0 Å². The molecule has 2 aliphatic rings. The molecule has 0 spiro atoms. The van der Waals surface area contributed by atoms with Crippen molar-refractivity contribution in [3.63, 3.8) is 0 Å². The summed E-state index contributed by atoms with van der Waals surface area (Å²) in [6, 6.07) is 6.67. The van der Waals surface area contributed by atoms with Crippen LogP contribution in [0, 0.1) is 0 Å². The van der Waals surface area contributed by atoms with Gasteiger partial charge in [-0.3, -0.25) is 9.59 Å². The number of hydrogen-bond acceptors (Lipinski definition) is 3. The predicted molar refractivity (Wildman–Crippen MR) is 89.2 cm³/mol. The van der Waals surface area contributed by atoms with Crippen molar-refractivity contribution in [3.8, 4) is 0 Å². The van der Waals surface area contributed by atoms with Crippen LogP contribution in [0.3, 0.4) is 0 Å². The van der Waals surface area contributed by atoms with Crippen LogP contribution in [0.25, 0.3) is 0 Å². The summed E-state index contributed by atoms with van der Waals surface area (Å²) in [5, 5.41) is 0.438. The third-order valence-corrected chi connectivity index (χ3v) is 5.54. The lowest BCUT2D eigenvalue weighted by Gasteiger charge is -2.32. The lowest BCUT2D eigenvalue weighted by molar-refractivity contribution is -0.135. The number of hydrogen-bond donors (Lipinski definition) is 0. The van der Waals surface area contributed by atoms with Crippen LogP contribution < -0.4 is 0 Å². The third-order valence-electron chi connectivity index (χ3n) is 4.20. The number of piperidine rings is 1. The molecule has 1 aromatic carbocycles. The van der Waals surface area contributed by atoms with E-state index in [2.05, 4.69) is 0 Å². The summed E-state index contributed by atoms with van der Waals surface area (Å²) in [5.74, 6) is 1.16. The van der Waals surface area contributed by atoms with Gasteiger partial charge in [0.05, 0.1) is 16.5 Å². The van der Waals surface area contributed by atoms with Gasteiger partial charge in [-0.15, -0.1) is 11.8 Å². The van der Waals surface area contributed by atoms with Crippen molar-refractivity contribution in [2.45, 2.75) is 25.3 Å². The Hall–Kier alpha value is -1.20. The fraction of sp³-hybridized carbons (Fsp3) is 0.500. The summed E-state index contributed by atoms with van der Waals surface area (Å²) in [4.78, 5) is 29.0. The molecule has 0 bridgehead atoms. The molecule has 0 N–H and O–H groups in total. The molecule has 1 aromatic rings. The monoisotopic (exact) mass is 338 g/mol. The van der Waals surface area contributed by atoms with Crippen molar-refractivity contribution in [2.24, 2.45) is 0 Å². The van der Waals surface area contributed by atoms with Gasteiger partial charge in [0.1, 0.15) is 6.04 Å². The van der Waals surface area contributed by atoms with E-state index in [1.54, 1.807) is 40.9 Å². The van der Waals surface area contributed by atoms with E-state index in [0.717, 1.165) is 25.9 Å². The highest BCUT2D eigenvalue weighted by molar-refractivity contribution is 7.99. The number of halogens is 1. The number of thioether (sulfide) groups is 1. The maximum Gasteiger partial charge on any atom is 0.256 e. The molecular weight excluding hydrogens is 320 g/mol. The van der Waals surface area contributed by atoms with E-state index >= 15 is 0 Å². The van der Waals surface area contributed by atoms with Crippen molar-refractivity contribution in [3.05, 3.63) is 34.9 Å². The van der Waals surface area contributed by atoms with Crippen molar-refractivity contribution in [1.29, 1.82) is 0 Å². The molecule has 3 rings (SSSR count). The second kappa shape index (κ2) is 6.92. The van der Waals surface area contributed by atoms with Crippen molar-refractivity contribution < 1.29 is 9.59 Å².